The molecule has 0 unspecified atom stereocenters. The molecule has 1 N–H and O–H groups in total. The fraction of sp³-hybridized carbons (Fsp3) is 0.136. The van der Waals surface area contributed by atoms with E-state index in [1.807, 2.05) is 56.3 Å². The van der Waals surface area contributed by atoms with Gasteiger partial charge in [-0.25, -0.2) is 0 Å². The molecule has 0 radical (unpaired) electrons. The van der Waals surface area contributed by atoms with Crippen molar-refractivity contribution in [2.45, 2.75) is 20.3 Å². The molecular weight excluding hydrogens is 310 g/mol. The number of hydrogen-bond donors (Lipinski definition) is 1. The summed E-state index contributed by atoms with van der Waals surface area (Å²) in [6.07, 6.45) is 1.98. The lowest BCUT2D eigenvalue weighted by molar-refractivity contribution is -0.115. The highest BCUT2D eigenvalue weighted by molar-refractivity contribution is 6.09. The van der Waals surface area contributed by atoms with Crippen molar-refractivity contribution in [3.8, 4) is 0 Å². The molecule has 0 aliphatic rings. The van der Waals surface area contributed by atoms with E-state index in [0.717, 1.165) is 44.1 Å². The Morgan fingerprint density at radius 3 is 2.72 bits per heavy atom. The minimum atomic E-state index is -0.0377. The Morgan fingerprint density at radius 2 is 1.84 bits per heavy atom. The highest BCUT2D eigenvalue weighted by Gasteiger charge is 2.14. The number of anilines is 1. The van der Waals surface area contributed by atoms with Gasteiger partial charge in [0.05, 0.1) is 12.7 Å². The summed E-state index contributed by atoms with van der Waals surface area (Å²) in [5.74, 6) is -0.0377. The van der Waals surface area contributed by atoms with Gasteiger partial charge in [0.25, 0.3) is 0 Å². The fourth-order valence-electron chi connectivity index (χ4n) is 3.26. The summed E-state index contributed by atoms with van der Waals surface area (Å²) in [6, 6.07) is 18.1. The maximum Gasteiger partial charge on any atom is 0.228 e. The molecule has 0 saturated heterocycles. The van der Waals surface area contributed by atoms with E-state index in [1.54, 1.807) is 6.26 Å². The van der Waals surface area contributed by atoms with E-state index in [2.05, 4.69) is 17.4 Å². The summed E-state index contributed by atoms with van der Waals surface area (Å²) in [4.78, 5) is 12.6. The Hall–Kier alpha value is -3.07. The maximum absolute atomic E-state index is 12.6. The second kappa shape index (κ2) is 6.10. The molecular formula is C22H19NO2. The van der Waals surface area contributed by atoms with Crippen molar-refractivity contribution < 1.29 is 9.21 Å². The Bertz CT molecular complexity index is 1090. The number of carbonyl (C=O) groups is 1. The van der Waals surface area contributed by atoms with E-state index in [-0.39, 0.29) is 12.3 Å². The van der Waals surface area contributed by atoms with Crippen molar-refractivity contribution in [3.05, 3.63) is 77.6 Å². The predicted octanol–water partition coefficient (Wildman–Crippen LogP) is 5.38. The van der Waals surface area contributed by atoms with Crippen molar-refractivity contribution in [2.75, 3.05) is 5.32 Å². The van der Waals surface area contributed by atoms with Crippen LogP contribution in [-0.2, 0) is 11.2 Å². The molecule has 0 aliphatic carbocycles. The van der Waals surface area contributed by atoms with Crippen molar-refractivity contribution >= 4 is 33.3 Å². The largest absolute Gasteiger partial charge is 0.464 e. The standard InChI is InChI=1S/C22H19NO2/c1-14-6-5-9-19(15(14)2)23-21(24)12-17-13-25-20-11-10-16-7-3-4-8-18(16)22(17)20/h3-11,13H,12H2,1-2H3,(H,23,24). The molecule has 4 aromatic rings. The quantitative estimate of drug-likeness (QED) is 0.548. The summed E-state index contributed by atoms with van der Waals surface area (Å²) < 4.78 is 5.67. The Kier molecular flexibility index (Phi) is 3.77. The molecule has 3 heteroatoms. The van der Waals surface area contributed by atoms with Gasteiger partial charge in [0, 0.05) is 16.6 Å². The van der Waals surface area contributed by atoms with Gasteiger partial charge in [0.15, 0.2) is 0 Å². The van der Waals surface area contributed by atoms with Crippen LogP contribution in [0.4, 0.5) is 5.69 Å². The number of benzene rings is 3. The third-order valence-electron chi connectivity index (χ3n) is 4.77. The lowest BCUT2D eigenvalue weighted by atomic mass is 10.0. The number of fused-ring (bicyclic) bond motifs is 3. The van der Waals surface area contributed by atoms with E-state index < -0.39 is 0 Å². The Morgan fingerprint density at radius 1 is 1.00 bits per heavy atom. The summed E-state index contributed by atoms with van der Waals surface area (Å²) >= 11 is 0. The molecule has 0 spiro atoms. The van der Waals surface area contributed by atoms with Crippen LogP contribution in [0.5, 0.6) is 0 Å². The van der Waals surface area contributed by atoms with Gasteiger partial charge in [-0.2, -0.15) is 0 Å². The maximum atomic E-state index is 12.6. The highest BCUT2D eigenvalue weighted by Crippen LogP contribution is 2.30. The second-order valence-electron chi connectivity index (χ2n) is 6.39. The van der Waals surface area contributed by atoms with Gasteiger partial charge in [-0.15, -0.1) is 0 Å². The average molecular weight is 329 g/mol. The van der Waals surface area contributed by atoms with Crippen LogP contribution >= 0.6 is 0 Å². The van der Waals surface area contributed by atoms with Gasteiger partial charge < -0.3 is 9.73 Å². The van der Waals surface area contributed by atoms with E-state index in [0.29, 0.717) is 0 Å². The minimum Gasteiger partial charge on any atom is -0.464 e. The van der Waals surface area contributed by atoms with Crippen molar-refractivity contribution in [1.29, 1.82) is 0 Å². The van der Waals surface area contributed by atoms with Crippen LogP contribution in [0, 0.1) is 13.8 Å². The van der Waals surface area contributed by atoms with Crippen LogP contribution in [0.3, 0.4) is 0 Å². The number of hydrogen-bond acceptors (Lipinski definition) is 2. The number of aryl methyl sites for hydroxylation is 1. The Balaban J connectivity index is 1.67. The van der Waals surface area contributed by atoms with Gasteiger partial charge in [-0.05, 0) is 47.9 Å². The molecule has 124 valence electrons. The predicted molar refractivity (Wildman–Crippen MR) is 102 cm³/mol. The van der Waals surface area contributed by atoms with Crippen LogP contribution in [0.25, 0.3) is 21.7 Å². The van der Waals surface area contributed by atoms with Gasteiger partial charge >= 0.3 is 0 Å². The molecule has 3 nitrogen and oxygen atoms in total. The minimum absolute atomic E-state index is 0.0377. The first kappa shape index (κ1) is 15.5. The zero-order valence-electron chi connectivity index (χ0n) is 14.3. The molecule has 25 heavy (non-hydrogen) atoms. The second-order valence-corrected chi connectivity index (χ2v) is 6.39. The van der Waals surface area contributed by atoms with Crippen molar-refractivity contribution in [3.63, 3.8) is 0 Å². The lowest BCUT2D eigenvalue weighted by Crippen LogP contribution is -2.15. The number of carbonyl (C=O) groups excluding carboxylic acids is 1. The van der Waals surface area contributed by atoms with E-state index in [1.165, 1.54) is 0 Å². The molecule has 0 fully saturated rings. The summed E-state index contributed by atoms with van der Waals surface area (Å²) in [6.45, 7) is 4.06. The van der Waals surface area contributed by atoms with E-state index >= 15 is 0 Å². The van der Waals surface area contributed by atoms with Crippen LogP contribution in [-0.4, -0.2) is 5.91 Å². The highest BCUT2D eigenvalue weighted by atomic mass is 16.3. The van der Waals surface area contributed by atoms with Gasteiger partial charge in [-0.3, -0.25) is 4.79 Å². The number of furan rings is 1. The van der Waals surface area contributed by atoms with Crippen LogP contribution < -0.4 is 5.32 Å². The van der Waals surface area contributed by atoms with Gasteiger partial charge in [-0.1, -0.05) is 42.5 Å². The third-order valence-corrected chi connectivity index (χ3v) is 4.77. The first-order valence-electron chi connectivity index (χ1n) is 8.37. The third kappa shape index (κ3) is 2.78. The molecule has 0 atom stereocenters. The zero-order valence-corrected chi connectivity index (χ0v) is 14.3. The lowest BCUT2D eigenvalue weighted by Gasteiger charge is -2.10. The first-order valence-corrected chi connectivity index (χ1v) is 8.37. The summed E-state index contributed by atoms with van der Waals surface area (Å²) in [7, 11) is 0. The summed E-state index contributed by atoms with van der Waals surface area (Å²) in [5, 5.41) is 6.30. The summed E-state index contributed by atoms with van der Waals surface area (Å²) in [5.41, 5.74) is 4.85. The van der Waals surface area contributed by atoms with Crippen LogP contribution in [0.1, 0.15) is 16.7 Å². The molecule has 4 rings (SSSR count). The first-order chi connectivity index (χ1) is 12.1. The zero-order chi connectivity index (χ0) is 17.4. The monoisotopic (exact) mass is 329 g/mol. The van der Waals surface area contributed by atoms with Crippen molar-refractivity contribution in [2.24, 2.45) is 0 Å². The molecule has 0 saturated carbocycles. The number of amides is 1. The normalized spacial score (nSPS) is 11.1. The van der Waals surface area contributed by atoms with Crippen LogP contribution in [0.15, 0.2) is 65.3 Å². The molecule has 3 aromatic carbocycles. The van der Waals surface area contributed by atoms with Crippen molar-refractivity contribution in [1.82, 2.24) is 0 Å². The fourth-order valence-corrected chi connectivity index (χ4v) is 3.26. The molecule has 1 heterocycles. The molecule has 1 amide bonds. The number of nitrogens with one attached hydrogen (secondary N) is 1. The molecule has 0 bridgehead atoms. The van der Waals surface area contributed by atoms with Gasteiger partial charge in [0.2, 0.25) is 5.91 Å². The SMILES string of the molecule is Cc1cccc(NC(=O)Cc2coc3ccc4ccccc4c23)c1C. The number of rotatable bonds is 3. The Labute approximate surface area is 146 Å². The molecule has 1 aromatic heterocycles. The van der Waals surface area contributed by atoms with Gasteiger partial charge in [0.1, 0.15) is 5.58 Å². The van der Waals surface area contributed by atoms with E-state index in [4.69, 9.17) is 4.42 Å². The van der Waals surface area contributed by atoms with Crippen LogP contribution in [0.2, 0.25) is 0 Å². The topological polar surface area (TPSA) is 42.2 Å². The average Bonchev–Trinajstić information content (AvgIpc) is 3.02. The smallest absolute Gasteiger partial charge is 0.228 e. The van der Waals surface area contributed by atoms with E-state index in [9.17, 15) is 4.79 Å². The molecule has 0 aliphatic heterocycles.